The Hall–Kier alpha value is -2.77. The molecule has 2 aliphatic heterocycles. The van der Waals surface area contributed by atoms with Crippen molar-refractivity contribution in [3.8, 4) is 5.75 Å². The van der Waals surface area contributed by atoms with Gasteiger partial charge in [0.1, 0.15) is 11.4 Å². The quantitative estimate of drug-likeness (QED) is 0.796. The monoisotopic (exact) mass is 391 g/mol. The van der Waals surface area contributed by atoms with Crippen LogP contribution in [0.4, 0.5) is 4.79 Å². The fraction of sp³-hybridized carbons (Fsp3) is 0.550. The second-order valence-corrected chi connectivity index (χ2v) is 8.55. The van der Waals surface area contributed by atoms with Crippen LogP contribution in [0.1, 0.15) is 59.9 Å². The number of nitrogens with zero attached hydrogens (tertiary/aromatic N) is 1. The van der Waals surface area contributed by atoms with Gasteiger partial charge in [0.05, 0.1) is 17.7 Å². The molecular weight excluding hydrogens is 366 g/mol. The molecule has 1 fully saturated rings. The Morgan fingerprint density at radius 2 is 1.64 bits per heavy atom. The normalized spacial score (nSPS) is 18.2. The van der Waals surface area contributed by atoms with E-state index in [1.807, 2.05) is 20.8 Å². The maximum absolute atomic E-state index is 12.3. The lowest BCUT2D eigenvalue weighted by atomic mass is 9.73. The number of carboxylic acid groups (broad SMARTS) is 2. The van der Waals surface area contributed by atoms with Crippen LogP contribution in [0.5, 0.6) is 5.75 Å². The average Bonchev–Trinajstić information content (AvgIpc) is 2.59. The van der Waals surface area contributed by atoms with Crippen molar-refractivity contribution in [1.82, 2.24) is 4.90 Å². The van der Waals surface area contributed by atoms with Crippen LogP contribution in [-0.2, 0) is 11.2 Å². The molecule has 152 valence electrons. The Balaban J connectivity index is 1.75. The zero-order chi connectivity index (χ0) is 20.7. The second-order valence-electron chi connectivity index (χ2n) is 8.55. The SMILES string of the molecule is CC(C)(C)OC(=O)N1CCC2(CC1)COc1cc(C(=O)O)c(C(=O)O)cc1C2. The zero-order valence-electron chi connectivity index (χ0n) is 16.3. The molecule has 0 aromatic heterocycles. The van der Waals surface area contributed by atoms with E-state index in [1.54, 1.807) is 4.90 Å². The molecule has 1 aromatic carbocycles. The van der Waals surface area contributed by atoms with E-state index < -0.39 is 17.5 Å². The van der Waals surface area contributed by atoms with Gasteiger partial charge in [0.25, 0.3) is 0 Å². The fourth-order valence-corrected chi connectivity index (χ4v) is 3.75. The first-order valence-corrected chi connectivity index (χ1v) is 9.24. The predicted molar refractivity (Wildman–Crippen MR) is 99.0 cm³/mol. The number of aromatic carboxylic acids is 2. The Kier molecular flexibility index (Phi) is 4.99. The molecule has 28 heavy (non-hydrogen) atoms. The molecule has 8 nitrogen and oxygen atoms in total. The van der Waals surface area contributed by atoms with Gasteiger partial charge in [-0.05, 0) is 57.7 Å². The van der Waals surface area contributed by atoms with Crippen LogP contribution < -0.4 is 4.74 Å². The van der Waals surface area contributed by atoms with E-state index in [4.69, 9.17) is 9.47 Å². The third-order valence-electron chi connectivity index (χ3n) is 5.24. The number of carbonyl (C=O) groups excluding carboxylic acids is 1. The van der Waals surface area contributed by atoms with Crippen molar-refractivity contribution in [1.29, 1.82) is 0 Å². The van der Waals surface area contributed by atoms with Crippen LogP contribution in [0.2, 0.25) is 0 Å². The van der Waals surface area contributed by atoms with Gasteiger partial charge in [-0.1, -0.05) is 0 Å². The molecule has 0 saturated carbocycles. The topological polar surface area (TPSA) is 113 Å². The predicted octanol–water partition coefficient (Wildman–Crippen LogP) is 3.04. The first-order chi connectivity index (χ1) is 13.0. The molecular formula is C20H25NO7. The van der Waals surface area contributed by atoms with Crippen molar-refractivity contribution >= 4 is 18.0 Å². The molecule has 0 unspecified atom stereocenters. The summed E-state index contributed by atoms with van der Waals surface area (Å²) < 4.78 is 11.2. The molecule has 2 N–H and O–H groups in total. The Morgan fingerprint density at radius 1 is 1.07 bits per heavy atom. The number of rotatable bonds is 2. The number of hydrogen-bond acceptors (Lipinski definition) is 5. The molecule has 1 amide bonds. The number of fused-ring (bicyclic) bond motifs is 1. The molecule has 0 radical (unpaired) electrons. The highest BCUT2D eigenvalue weighted by molar-refractivity contribution is 6.02. The van der Waals surface area contributed by atoms with Crippen LogP contribution in [-0.4, -0.2) is 58.4 Å². The number of carboxylic acids is 2. The summed E-state index contributed by atoms with van der Waals surface area (Å²) >= 11 is 0. The summed E-state index contributed by atoms with van der Waals surface area (Å²) in [7, 11) is 0. The summed E-state index contributed by atoms with van der Waals surface area (Å²) in [5.41, 5.74) is -0.570. The third kappa shape index (κ3) is 4.05. The molecule has 0 atom stereocenters. The van der Waals surface area contributed by atoms with Crippen LogP contribution in [0.3, 0.4) is 0 Å². The molecule has 1 saturated heterocycles. The summed E-state index contributed by atoms with van der Waals surface area (Å²) in [5, 5.41) is 18.6. The molecule has 3 rings (SSSR count). The van der Waals surface area contributed by atoms with E-state index in [0.717, 1.165) is 0 Å². The lowest BCUT2D eigenvalue weighted by Crippen LogP contribution is -2.48. The van der Waals surface area contributed by atoms with Gasteiger partial charge >= 0.3 is 18.0 Å². The van der Waals surface area contributed by atoms with Crippen molar-refractivity contribution in [2.45, 2.75) is 45.6 Å². The highest BCUT2D eigenvalue weighted by atomic mass is 16.6. The van der Waals surface area contributed by atoms with Crippen LogP contribution in [0, 0.1) is 5.41 Å². The number of ether oxygens (including phenoxy) is 2. The standard InChI is InChI=1S/C20H25NO7/c1-19(2,3)28-18(26)21-6-4-20(5-7-21)10-12-8-13(16(22)23)14(17(24)25)9-15(12)27-11-20/h8-9H,4-7,10-11H2,1-3H3,(H,22,23)(H,24,25). The van der Waals surface area contributed by atoms with Gasteiger partial charge in [-0.2, -0.15) is 0 Å². The van der Waals surface area contributed by atoms with Crippen molar-refractivity contribution in [3.05, 3.63) is 28.8 Å². The lowest BCUT2D eigenvalue weighted by molar-refractivity contribution is -0.00105. The summed E-state index contributed by atoms with van der Waals surface area (Å²) in [6, 6.07) is 2.70. The molecule has 0 bridgehead atoms. The minimum absolute atomic E-state index is 0.202. The van der Waals surface area contributed by atoms with E-state index in [2.05, 4.69) is 0 Å². The van der Waals surface area contributed by atoms with Gasteiger partial charge in [0, 0.05) is 18.5 Å². The first-order valence-electron chi connectivity index (χ1n) is 9.24. The van der Waals surface area contributed by atoms with Crippen molar-refractivity contribution in [3.63, 3.8) is 0 Å². The summed E-state index contributed by atoms with van der Waals surface area (Å²) in [6.45, 7) is 6.96. The number of carbonyl (C=O) groups is 3. The van der Waals surface area contributed by atoms with Gasteiger partial charge in [0.15, 0.2) is 0 Å². The van der Waals surface area contributed by atoms with E-state index in [0.29, 0.717) is 50.3 Å². The zero-order valence-corrected chi connectivity index (χ0v) is 16.3. The van der Waals surface area contributed by atoms with Crippen molar-refractivity contribution in [2.75, 3.05) is 19.7 Å². The van der Waals surface area contributed by atoms with Gasteiger partial charge in [-0.25, -0.2) is 14.4 Å². The highest BCUT2D eigenvalue weighted by Crippen LogP contribution is 2.42. The highest BCUT2D eigenvalue weighted by Gasteiger charge is 2.41. The second kappa shape index (κ2) is 7.00. The molecule has 2 aliphatic rings. The van der Waals surface area contributed by atoms with Crippen LogP contribution >= 0.6 is 0 Å². The summed E-state index contributed by atoms with van der Waals surface area (Å²) in [5.74, 6) is -2.16. The lowest BCUT2D eigenvalue weighted by Gasteiger charge is -2.44. The minimum Gasteiger partial charge on any atom is -0.493 e. The number of benzene rings is 1. The number of piperidine rings is 1. The van der Waals surface area contributed by atoms with Crippen LogP contribution in [0.15, 0.2) is 12.1 Å². The van der Waals surface area contributed by atoms with Crippen molar-refractivity contribution in [2.24, 2.45) is 5.41 Å². The average molecular weight is 391 g/mol. The van der Waals surface area contributed by atoms with Gasteiger partial charge in [-0.15, -0.1) is 0 Å². The fourth-order valence-electron chi connectivity index (χ4n) is 3.75. The largest absolute Gasteiger partial charge is 0.493 e. The smallest absolute Gasteiger partial charge is 0.410 e. The van der Waals surface area contributed by atoms with E-state index >= 15 is 0 Å². The molecule has 0 aliphatic carbocycles. The number of likely N-dealkylation sites (tertiary alicyclic amines) is 1. The number of amides is 1. The minimum atomic E-state index is -1.30. The molecule has 2 heterocycles. The maximum Gasteiger partial charge on any atom is 0.410 e. The first kappa shape index (κ1) is 20.0. The Morgan fingerprint density at radius 3 is 2.18 bits per heavy atom. The van der Waals surface area contributed by atoms with Gasteiger partial charge in [-0.3, -0.25) is 0 Å². The summed E-state index contributed by atoms with van der Waals surface area (Å²) in [6.07, 6.45) is 1.66. The maximum atomic E-state index is 12.3. The summed E-state index contributed by atoms with van der Waals surface area (Å²) in [4.78, 5) is 36.7. The Labute approximate surface area is 163 Å². The van der Waals surface area contributed by atoms with E-state index in [1.165, 1.54) is 12.1 Å². The molecule has 1 aromatic rings. The third-order valence-corrected chi connectivity index (χ3v) is 5.24. The van der Waals surface area contributed by atoms with E-state index in [-0.39, 0.29) is 22.6 Å². The Bertz CT molecular complexity index is 817. The van der Waals surface area contributed by atoms with Crippen LogP contribution in [0.25, 0.3) is 0 Å². The molecule has 1 spiro atoms. The molecule has 8 heteroatoms. The van der Waals surface area contributed by atoms with E-state index in [9.17, 15) is 24.6 Å². The van der Waals surface area contributed by atoms with Gasteiger partial charge in [0.2, 0.25) is 0 Å². The number of hydrogen-bond donors (Lipinski definition) is 2. The van der Waals surface area contributed by atoms with Crippen molar-refractivity contribution < 1.29 is 34.1 Å². The van der Waals surface area contributed by atoms with Gasteiger partial charge < -0.3 is 24.6 Å².